The molecule has 8 heteroatoms. The molecule has 1 rings (SSSR count). The van der Waals surface area contributed by atoms with Crippen molar-refractivity contribution in [3.63, 3.8) is 0 Å². The van der Waals surface area contributed by atoms with Crippen molar-refractivity contribution in [2.24, 2.45) is 0 Å². The lowest BCUT2D eigenvalue weighted by Gasteiger charge is -2.38. The van der Waals surface area contributed by atoms with E-state index in [9.17, 15) is 18.0 Å². The maximum absolute atomic E-state index is 12.6. The van der Waals surface area contributed by atoms with E-state index in [0.717, 1.165) is 12.2 Å². The van der Waals surface area contributed by atoms with Crippen molar-refractivity contribution in [2.45, 2.75) is 38.5 Å². The fourth-order valence-electron chi connectivity index (χ4n) is 2.19. The van der Waals surface area contributed by atoms with Crippen molar-refractivity contribution in [2.75, 3.05) is 38.2 Å². The van der Waals surface area contributed by atoms with Gasteiger partial charge in [-0.2, -0.15) is 24.9 Å². The minimum absolute atomic E-state index is 0.0806. The highest BCUT2D eigenvalue weighted by molar-refractivity contribution is 7.98. The summed E-state index contributed by atoms with van der Waals surface area (Å²) in [6, 6.07) is -1.55. The second-order valence-electron chi connectivity index (χ2n) is 5.37. The number of halogens is 3. The number of alkyl halides is 3. The first-order valence-electron chi connectivity index (χ1n) is 7.11. The maximum atomic E-state index is 12.6. The molecule has 0 aromatic carbocycles. The number of hydrogen-bond acceptors (Lipinski definition) is 3. The smallest absolute Gasteiger partial charge is 0.336 e. The van der Waals surface area contributed by atoms with Crippen molar-refractivity contribution in [1.29, 1.82) is 0 Å². The van der Waals surface area contributed by atoms with E-state index in [0.29, 0.717) is 13.1 Å². The maximum Gasteiger partial charge on any atom is 0.403 e. The third-order valence-electron chi connectivity index (χ3n) is 3.75. The predicted octanol–water partition coefficient (Wildman–Crippen LogP) is 2.41. The minimum Gasteiger partial charge on any atom is -0.336 e. The Morgan fingerprint density at radius 3 is 2.29 bits per heavy atom. The van der Waals surface area contributed by atoms with Crippen LogP contribution in [-0.2, 0) is 0 Å². The zero-order valence-corrected chi connectivity index (χ0v) is 13.6. The summed E-state index contributed by atoms with van der Waals surface area (Å²) in [5.41, 5.74) is 0. The van der Waals surface area contributed by atoms with Crippen LogP contribution < -0.4 is 5.32 Å². The van der Waals surface area contributed by atoms with Gasteiger partial charge in [0.15, 0.2) is 0 Å². The molecule has 1 aliphatic rings. The molecule has 1 saturated heterocycles. The van der Waals surface area contributed by atoms with Crippen LogP contribution in [0.1, 0.15) is 20.3 Å². The number of hydrogen-bond donors (Lipinski definition) is 1. The standard InChI is InChI=1S/C13H24F3N3OS/c1-10(4-9-21-3)17-12(20)19-7-5-18(6-8-19)11(2)13(14,15)16/h10-11H,4-9H2,1-3H3,(H,17,20)/t10-,11+/m0/s1. The van der Waals surface area contributed by atoms with Crippen LogP contribution >= 0.6 is 11.8 Å². The molecule has 0 aliphatic carbocycles. The van der Waals surface area contributed by atoms with E-state index < -0.39 is 12.2 Å². The van der Waals surface area contributed by atoms with Gasteiger partial charge in [0.05, 0.1) is 0 Å². The largest absolute Gasteiger partial charge is 0.403 e. The molecule has 1 fully saturated rings. The van der Waals surface area contributed by atoms with Crippen LogP contribution in [-0.4, -0.2) is 72.3 Å². The van der Waals surface area contributed by atoms with Crippen LogP contribution in [0.15, 0.2) is 0 Å². The minimum atomic E-state index is -4.21. The zero-order chi connectivity index (χ0) is 16.0. The monoisotopic (exact) mass is 327 g/mol. The number of amides is 2. The fraction of sp³-hybridized carbons (Fsp3) is 0.923. The molecule has 124 valence electrons. The molecule has 0 aromatic rings. The number of carbonyl (C=O) groups is 1. The van der Waals surface area contributed by atoms with Crippen LogP contribution in [0.4, 0.5) is 18.0 Å². The Labute approximate surface area is 128 Å². The Morgan fingerprint density at radius 1 is 1.24 bits per heavy atom. The zero-order valence-electron chi connectivity index (χ0n) is 12.7. The molecule has 2 amide bonds. The van der Waals surface area contributed by atoms with Gasteiger partial charge in [-0.25, -0.2) is 4.79 Å². The van der Waals surface area contributed by atoms with Crippen LogP contribution in [0.3, 0.4) is 0 Å². The van der Waals surface area contributed by atoms with E-state index in [1.165, 1.54) is 11.8 Å². The van der Waals surface area contributed by atoms with Crippen molar-refractivity contribution >= 4 is 17.8 Å². The van der Waals surface area contributed by atoms with Gasteiger partial charge in [0.1, 0.15) is 6.04 Å². The van der Waals surface area contributed by atoms with Crippen LogP contribution in [0.25, 0.3) is 0 Å². The molecule has 2 atom stereocenters. The van der Waals surface area contributed by atoms with Crippen LogP contribution in [0.2, 0.25) is 0 Å². The highest BCUT2D eigenvalue weighted by atomic mass is 32.2. The highest BCUT2D eigenvalue weighted by Gasteiger charge is 2.41. The van der Waals surface area contributed by atoms with Crippen molar-refractivity contribution in [1.82, 2.24) is 15.1 Å². The van der Waals surface area contributed by atoms with E-state index in [4.69, 9.17) is 0 Å². The number of thioether (sulfide) groups is 1. The third-order valence-corrected chi connectivity index (χ3v) is 4.39. The summed E-state index contributed by atoms with van der Waals surface area (Å²) in [7, 11) is 0. The Morgan fingerprint density at radius 2 is 1.81 bits per heavy atom. The molecule has 21 heavy (non-hydrogen) atoms. The number of urea groups is 1. The second-order valence-corrected chi connectivity index (χ2v) is 6.36. The SMILES string of the molecule is CSCC[C@H](C)NC(=O)N1CCN([C@H](C)C(F)(F)F)CC1. The van der Waals surface area contributed by atoms with Gasteiger partial charge in [-0.05, 0) is 32.3 Å². The van der Waals surface area contributed by atoms with Crippen molar-refractivity contribution < 1.29 is 18.0 Å². The summed E-state index contributed by atoms with van der Waals surface area (Å²) >= 11 is 1.72. The highest BCUT2D eigenvalue weighted by Crippen LogP contribution is 2.25. The van der Waals surface area contributed by atoms with Crippen molar-refractivity contribution in [3.05, 3.63) is 0 Å². The van der Waals surface area contributed by atoms with Gasteiger partial charge < -0.3 is 10.2 Å². The van der Waals surface area contributed by atoms with E-state index in [1.54, 1.807) is 16.7 Å². The first kappa shape index (κ1) is 18.4. The number of nitrogens with zero attached hydrogens (tertiary/aromatic N) is 2. The normalized spacial score (nSPS) is 20.2. The van der Waals surface area contributed by atoms with Gasteiger partial charge in [-0.1, -0.05) is 0 Å². The lowest BCUT2D eigenvalue weighted by atomic mass is 10.2. The van der Waals surface area contributed by atoms with Crippen LogP contribution in [0, 0.1) is 0 Å². The number of rotatable bonds is 5. The molecule has 0 unspecified atom stereocenters. The molecular formula is C13H24F3N3OS. The van der Waals surface area contributed by atoms with Gasteiger partial charge >= 0.3 is 12.2 Å². The van der Waals surface area contributed by atoms with Gasteiger partial charge in [0, 0.05) is 32.2 Å². The van der Waals surface area contributed by atoms with Gasteiger partial charge in [-0.3, -0.25) is 4.90 Å². The molecule has 0 spiro atoms. The molecular weight excluding hydrogens is 303 g/mol. The summed E-state index contributed by atoms with van der Waals surface area (Å²) in [4.78, 5) is 15.0. The second kappa shape index (κ2) is 8.12. The number of nitrogens with one attached hydrogen (secondary N) is 1. The summed E-state index contributed by atoms with van der Waals surface area (Å²) < 4.78 is 37.9. The van der Waals surface area contributed by atoms with E-state index in [1.807, 2.05) is 13.2 Å². The molecule has 0 bridgehead atoms. The van der Waals surface area contributed by atoms with Gasteiger partial charge in [-0.15, -0.1) is 0 Å². The number of carbonyl (C=O) groups excluding carboxylic acids is 1. The molecule has 1 aliphatic heterocycles. The topological polar surface area (TPSA) is 35.6 Å². The Hall–Kier alpha value is -0.630. The molecule has 0 saturated carbocycles. The van der Waals surface area contributed by atoms with Crippen LogP contribution in [0.5, 0.6) is 0 Å². The molecule has 1 N–H and O–H groups in total. The Kier molecular flexibility index (Phi) is 7.12. The summed E-state index contributed by atoms with van der Waals surface area (Å²) in [6.07, 6.45) is -1.32. The fourth-order valence-corrected chi connectivity index (χ4v) is 2.78. The molecule has 1 heterocycles. The quantitative estimate of drug-likeness (QED) is 0.842. The third kappa shape index (κ3) is 5.94. The molecule has 0 radical (unpaired) electrons. The first-order chi connectivity index (χ1) is 9.75. The predicted molar refractivity (Wildman–Crippen MR) is 79.7 cm³/mol. The van der Waals surface area contributed by atoms with E-state index in [-0.39, 0.29) is 25.2 Å². The first-order valence-corrected chi connectivity index (χ1v) is 8.50. The number of piperazine rings is 1. The van der Waals surface area contributed by atoms with Crippen molar-refractivity contribution in [3.8, 4) is 0 Å². The van der Waals surface area contributed by atoms with Gasteiger partial charge in [0.2, 0.25) is 0 Å². The van der Waals surface area contributed by atoms with Gasteiger partial charge in [0.25, 0.3) is 0 Å². The Bertz CT molecular complexity index is 333. The average Bonchev–Trinajstić information content (AvgIpc) is 2.43. The lowest BCUT2D eigenvalue weighted by molar-refractivity contribution is -0.181. The summed E-state index contributed by atoms with van der Waals surface area (Å²) in [5, 5.41) is 2.89. The molecule has 4 nitrogen and oxygen atoms in total. The summed E-state index contributed by atoms with van der Waals surface area (Å²) in [6.45, 7) is 4.29. The Balaban J connectivity index is 2.37. The summed E-state index contributed by atoms with van der Waals surface area (Å²) in [5.74, 6) is 0.971. The van der Waals surface area contributed by atoms with E-state index in [2.05, 4.69) is 5.32 Å². The lowest BCUT2D eigenvalue weighted by Crippen LogP contribution is -2.57. The molecule has 0 aromatic heterocycles. The van der Waals surface area contributed by atoms with E-state index >= 15 is 0 Å². The average molecular weight is 327 g/mol.